The molecule has 1 fully saturated rings. The summed E-state index contributed by atoms with van der Waals surface area (Å²) in [7, 11) is 1.68. The summed E-state index contributed by atoms with van der Waals surface area (Å²) in [4.78, 5) is 11.8. The van der Waals surface area contributed by atoms with Gasteiger partial charge in [0.2, 0.25) is 0 Å². The predicted octanol–water partition coefficient (Wildman–Crippen LogP) is 2.93. The van der Waals surface area contributed by atoms with Crippen LogP contribution in [0.5, 0.6) is 0 Å². The van der Waals surface area contributed by atoms with E-state index in [0.29, 0.717) is 12.3 Å². The Hall–Kier alpha value is -0.790. The molecule has 0 aliphatic heterocycles. The van der Waals surface area contributed by atoms with Gasteiger partial charge in [0.25, 0.3) is 0 Å². The van der Waals surface area contributed by atoms with E-state index in [1.165, 1.54) is 0 Å². The molecule has 0 aromatic carbocycles. The van der Waals surface area contributed by atoms with Crippen molar-refractivity contribution in [2.75, 3.05) is 7.11 Å². The lowest BCUT2D eigenvalue weighted by Crippen LogP contribution is -2.34. The van der Waals surface area contributed by atoms with Gasteiger partial charge in [-0.3, -0.25) is 4.79 Å². The van der Waals surface area contributed by atoms with Gasteiger partial charge in [0, 0.05) is 18.4 Å². The molecule has 2 nitrogen and oxygen atoms in total. The Morgan fingerprint density at radius 1 is 1.40 bits per heavy atom. The van der Waals surface area contributed by atoms with Gasteiger partial charge in [-0.05, 0) is 23.7 Å². The number of ketones is 1. The van der Waals surface area contributed by atoms with E-state index >= 15 is 0 Å². The van der Waals surface area contributed by atoms with Crippen molar-refractivity contribution in [2.24, 2.45) is 16.7 Å². The van der Waals surface area contributed by atoms with E-state index in [-0.39, 0.29) is 16.6 Å². The van der Waals surface area contributed by atoms with E-state index < -0.39 is 0 Å². The van der Waals surface area contributed by atoms with Gasteiger partial charge in [-0.2, -0.15) is 0 Å². The van der Waals surface area contributed by atoms with Gasteiger partial charge >= 0.3 is 0 Å². The Bertz CT molecular complexity index is 327. The van der Waals surface area contributed by atoms with E-state index in [4.69, 9.17) is 4.74 Å². The van der Waals surface area contributed by atoms with Crippen LogP contribution >= 0.6 is 0 Å². The maximum Gasteiger partial charge on any atom is 0.159 e. The van der Waals surface area contributed by atoms with Gasteiger partial charge in [0.05, 0.1) is 7.11 Å². The van der Waals surface area contributed by atoms with Crippen LogP contribution in [0.2, 0.25) is 0 Å². The summed E-state index contributed by atoms with van der Waals surface area (Å²) in [5, 5.41) is 0. The Labute approximate surface area is 91.7 Å². The second-order valence-electron chi connectivity index (χ2n) is 5.77. The maximum atomic E-state index is 11.8. The van der Waals surface area contributed by atoms with E-state index in [2.05, 4.69) is 20.8 Å². The summed E-state index contributed by atoms with van der Waals surface area (Å²) in [6.45, 7) is 6.80. The Morgan fingerprint density at radius 2 is 2.07 bits per heavy atom. The van der Waals surface area contributed by atoms with Gasteiger partial charge in [-0.25, -0.2) is 0 Å². The largest absolute Gasteiger partial charge is 0.501 e. The monoisotopic (exact) mass is 208 g/mol. The highest BCUT2D eigenvalue weighted by molar-refractivity contribution is 5.91. The zero-order valence-electron chi connectivity index (χ0n) is 10.1. The standard InChI is InChI=1S/C13H20O2/c1-12(2)10-5-6-13(12,3)8-9(14)7-11(10)15-4/h7,10H,5-6,8H2,1-4H3/t10-,13+/m0/s1. The number of hydrogen-bond acceptors (Lipinski definition) is 2. The molecule has 2 aliphatic rings. The highest BCUT2D eigenvalue weighted by atomic mass is 16.5. The van der Waals surface area contributed by atoms with Crippen LogP contribution in [0.15, 0.2) is 11.8 Å². The fraction of sp³-hybridized carbons (Fsp3) is 0.769. The van der Waals surface area contributed by atoms with Crippen LogP contribution in [0.1, 0.15) is 40.0 Å². The second kappa shape index (κ2) is 3.10. The zero-order chi connectivity index (χ0) is 11.3. The highest BCUT2D eigenvalue weighted by Gasteiger charge is 2.55. The third-order valence-electron chi connectivity index (χ3n) is 4.86. The fourth-order valence-corrected chi connectivity index (χ4v) is 3.28. The first-order valence-electron chi connectivity index (χ1n) is 5.69. The van der Waals surface area contributed by atoms with Crippen molar-refractivity contribution >= 4 is 5.78 Å². The van der Waals surface area contributed by atoms with E-state index in [1.807, 2.05) is 0 Å². The van der Waals surface area contributed by atoms with E-state index in [0.717, 1.165) is 18.6 Å². The molecule has 0 N–H and O–H groups in total. The molecule has 0 radical (unpaired) electrons. The van der Waals surface area contributed by atoms with Crippen molar-refractivity contribution in [1.29, 1.82) is 0 Å². The average Bonchev–Trinajstić information content (AvgIpc) is 2.29. The molecule has 0 aromatic heterocycles. The second-order valence-corrected chi connectivity index (χ2v) is 5.77. The quantitative estimate of drug-likeness (QED) is 0.662. The van der Waals surface area contributed by atoms with Crippen LogP contribution in [0, 0.1) is 16.7 Å². The summed E-state index contributed by atoms with van der Waals surface area (Å²) >= 11 is 0. The summed E-state index contributed by atoms with van der Waals surface area (Å²) in [6, 6.07) is 0. The third-order valence-corrected chi connectivity index (χ3v) is 4.86. The molecular weight excluding hydrogens is 188 g/mol. The lowest BCUT2D eigenvalue weighted by atomic mass is 9.64. The van der Waals surface area contributed by atoms with Crippen LogP contribution in [-0.2, 0) is 9.53 Å². The van der Waals surface area contributed by atoms with Crippen molar-refractivity contribution in [3.05, 3.63) is 11.8 Å². The molecule has 2 rings (SSSR count). The van der Waals surface area contributed by atoms with Gasteiger partial charge in [0.15, 0.2) is 5.78 Å². The molecule has 2 bridgehead atoms. The van der Waals surface area contributed by atoms with Crippen LogP contribution in [0.4, 0.5) is 0 Å². The lowest BCUT2D eigenvalue weighted by molar-refractivity contribution is -0.117. The maximum absolute atomic E-state index is 11.8. The lowest BCUT2D eigenvalue weighted by Gasteiger charge is -2.40. The minimum atomic E-state index is 0.144. The molecule has 0 heterocycles. The molecule has 0 unspecified atom stereocenters. The van der Waals surface area contributed by atoms with Gasteiger partial charge < -0.3 is 4.74 Å². The van der Waals surface area contributed by atoms with Crippen molar-refractivity contribution in [2.45, 2.75) is 40.0 Å². The third kappa shape index (κ3) is 1.34. The highest BCUT2D eigenvalue weighted by Crippen LogP contribution is 2.61. The van der Waals surface area contributed by atoms with Gasteiger partial charge in [-0.15, -0.1) is 0 Å². The van der Waals surface area contributed by atoms with Gasteiger partial charge in [-0.1, -0.05) is 20.8 Å². The molecule has 1 saturated carbocycles. The normalized spacial score (nSPS) is 38.5. The van der Waals surface area contributed by atoms with Crippen LogP contribution in [0.3, 0.4) is 0 Å². The van der Waals surface area contributed by atoms with Crippen LogP contribution in [0.25, 0.3) is 0 Å². The van der Waals surface area contributed by atoms with Crippen molar-refractivity contribution < 1.29 is 9.53 Å². The molecule has 15 heavy (non-hydrogen) atoms. The number of carbonyl (C=O) groups is 1. The van der Waals surface area contributed by atoms with E-state index in [1.54, 1.807) is 13.2 Å². The number of rotatable bonds is 1. The average molecular weight is 208 g/mol. The first kappa shape index (κ1) is 10.7. The smallest absolute Gasteiger partial charge is 0.159 e. The summed E-state index contributed by atoms with van der Waals surface area (Å²) in [5.41, 5.74) is 0.312. The molecule has 84 valence electrons. The van der Waals surface area contributed by atoms with Crippen LogP contribution < -0.4 is 0 Å². The minimum absolute atomic E-state index is 0.144. The van der Waals surface area contributed by atoms with Crippen LogP contribution in [-0.4, -0.2) is 12.9 Å². The number of methoxy groups -OCH3 is 1. The Kier molecular flexibility index (Phi) is 2.21. The number of allylic oxidation sites excluding steroid dienone is 2. The topological polar surface area (TPSA) is 26.3 Å². The van der Waals surface area contributed by atoms with Crippen molar-refractivity contribution in [3.63, 3.8) is 0 Å². The zero-order valence-corrected chi connectivity index (χ0v) is 10.1. The predicted molar refractivity (Wildman–Crippen MR) is 59.3 cm³/mol. The van der Waals surface area contributed by atoms with Gasteiger partial charge in [0.1, 0.15) is 5.76 Å². The number of fused-ring (bicyclic) bond motifs is 2. The number of carbonyl (C=O) groups excluding carboxylic acids is 1. The molecule has 0 spiro atoms. The first-order valence-corrected chi connectivity index (χ1v) is 5.69. The molecule has 0 amide bonds. The minimum Gasteiger partial charge on any atom is -0.501 e. The summed E-state index contributed by atoms with van der Waals surface area (Å²) in [6.07, 6.45) is 4.67. The molecule has 2 atom stereocenters. The molecule has 0 aromatic rings. The summed E-state index contributed by atoms with van der Waals surface area (Å²) in [5.74, 6) is 1.54. The van der Waals surface area contributed by atoms with E-state index in [9.17, 15) is 4.79 Å². The Balaban J connectivity index is 2.48. The fourth-order valence-electron chi connectivity index (χ4n) is 3.28. The van der Waals surface area contributed by atoms with Crippen molar-refractivity contribution in [3.8, 4) is 0 Å². The molecule has 0 saturated heterocycles. The Morgan fingerprint density at radius 3 is 2.67 bits per heavy atom. The molecule has 2 aliphatic carbocycles. The molecule has 2 heteroatoms. The number of hydrogen-bond donors (Lipinski definition) is 0. The SMILES string of the molecule is COC1=CC(=O)C[C@@]2(C)CC[C@@H]1C2(C)C. The first-order chi connectivity index (χ1) is 6.90. The molecular formula is C13H20O2. The number of ether oxygens (including phenoxy) is 1. The summed E-state index contributed by atoms with van der Waals surface area (Å²) < 4.78 is 5.39. The van der Waals surface area contributed by atoms with Crippen molar-refractivity contribution in [1.82, 2.24) is 0 Å².